The van der Waals surface area contributed by atoms with Gasteiger partial charge in [-0.25, -0.2) is 14.6 Å². The van der Waals surface area contributed by atoms with E-state index in [0.717, 1.165) is 11.3 Å². The fraction of sp³-hybridized carbons (Fsp3) is 0.348. The van der Waals surface area contributed by atoms with Crippen LogP contribution in [0.3, 0.4) is 0 Å². The number of hydrogen-bond acceptors (Lipinski definition) is 6. The van der Waals surface area contributed by atoms with Gasteiger partial charge in [-0.2, -0.15) is 0 Å². The highest BCUT2D eigenvalue weighted by Crippen LogP contribution is 2.24. The molecule has 0 bridgehead atoms. The van der Waals surface area contributed by atoms with Crippen molar-refractivity contribution in [2.24, 2.45) is 0 Å². The van der Waals surface area contributed by atoms with Crippen LogP contribution in [-0.4, -0.2) is 56.6 Å². The van der Waals surface area contributed by atoms with Crippen molar-refractivity contribution < 1.29 is 24.2 Å². The predicted octanol–water partition coefficient (Wildman–Crippen LogP) is 3.76. The maximum atomic E-state index is 12.4. The number of carbonyl (C=O) groups is 3. The van der Waals surface area contributed by atoms with E-state index in [1.165, 1.54) is 30.5 Å². The molecule has 32 heavy (non-hydrogen) atoms. The first-order valence-corrected chi connectivity index (χ1v) is 10.2. The number of hydrogen-bond donors (Lipinski definition) is 2. The van der Waals surface area contributed by atoms with E-state index in [9.17, 15) is 14.4 Å². The molecule has 9 nitrogen and oxygen atoms in total. The zero-order valence-corrected chi connectivity index (χ0v) is 18.5. The van der Waals surface area contributed by atoms with Gasteiger partial charge in [0.2, 0.25) is 0 Å². The minimum atomic E-state index is -1.06. The van der Waals surface area contributed by atoms with Crippen molar-refractivity contribution in [2.45, 2.75) is 39.7 Å². The molecular weight excluding hydrogens is 412 g/mol. The van der Waals surface area contributed by atoms with Crippen LogP contribution < -0.4 is 5.32 Å². The number of carboxylic acid groups (broad SMARTS) is 1. The highest BCUT2D eigenvalue weighted by Gasteiger charge is 2.24. The average Bonchev–Trinajstić information content (AvgIpc) is 2.73. The highest BCUT2D eigenvalue weighted by molar-refractivity contribution is 6.04. The van der Waals surface area contributed by atoms with Crippen LogP contribution >= 0.6 is 0 Å². The molecule has 0 saturated carbocycles. The molecule has 0 aliphatic carbocycles. The average molecular weight is 438 g/mol. The Balaban J connectivity index is 1.66. The number of aromatic carboxylic acids is 1. The van der Waals surface area contributed by atoms with E-state index in [1.54, 1.807) is 11.8 Å². The lowest BCUT2D eigenvalue weighted by molar-refractivity contribution is 0.0270. The van der Waals surface area contributed by atoms with Crippen LogP contribution in [0.2, 0.25) is 0 Å². The molecule has 0 atom stereocenters. The normalized spacial score (nSPS) is 13.9. The number of nitrogens with zero attached hydrogens (tertiary/aromatic N) is 3. The summed E-state index contributed by atoms with van der Waals surface area (Å²) < 4.78 is 5.41. The second-order valence-corrected chi connectivity index (χ2v) is 8.43. The van der Waals surface area contributed by atoms with Crippen molar-refractivity contribution in [3.05, 3.63) is 59.1 Å². The smallest absolute Gasteiger partial charge is 0.410 e. The molecule has 1 aromatic carbocycles. The molecule has 1 aromatic heterocycles. The maximum Gasteiger partial charge on any atom is 0.410 e. The molecule has 1 aliphatic rings. The molecule has 2 N–H and O–H groups in total. The van der Waals surface area contributed by atoms with E-state index in [-0.39, 0.29) is 11.7 Å². The summed E-state index contributed by atoms with van der Waals surface area (Å²) in [4.78, 5) is 46.1. The Hall–Kier alpha value is -3.75. The standard InChI is InChI=1S/C23H26N4O5/c1-14-19(15-9-11-27(12-10-15)22(31)32-23(2,3)4)24-13-18(25-14)26-20(28)16-5-7-17(8-6-16)21(29)30/h5-9,13H,10-12H2,1-4H3,(H,29,30)(H,25,26,28). The van der Waals surface area contributed by atoms with Gasteiger partial charge in [-0.1, -0.05) is 6.08 Å². The summed E-state index contributed by atoms with van der Waals surface area (Å²) in [7, 11) is 0. The van der Waals surface area contributed by atoms with E-state index in [1.807, 2.05) is 26.8 Å². The number of aromatic nitrogens is 2. The predicted molar refractivity (Wildman–Crippen MR) is 119 cm³/mol. The molecule has 2 heterocycles. The van der Waals surface area contributed by atoms with E-state index in [0.29, 0.717) is 36.6 Å². The first-order chi connectivity index (χ1) is 15.0. The fourth-order valence-corrected chi connectivity index (χ4v) is 3.19. The molecular formula is C23H26N4O5. The van der Waals surface area contributed by atoms with Crippen molar-refractivity contribution >= 4 is 29.4 Å². The molecule has 168 valence electrons. The molecule has 9 heteroatoms. The molecule has 1 aliphatic heterocycles. The van der Waals surface area contributed by atoms with Gasteiger partial charge in [-0.3, -0.25) is 9.78 Å². The Labute approximate surface area is 186 Å². The molecule has 0 spiro atoms. The minimum absolute atomic E-state index is 0.104. The third-order valence-corrected chi connectivity index (χ3v) is 4.75. The van der Waals surface area contributed by atoms with Crippen LogP contribution in [0.5, 0.6) is 0 Å². The highest BCUT2D eigenvalue weighted by atomic mass is 16.6. The summed E-state index contributed by atoms with van der Waals surface area (Å²) in [5.74, 6) is -1.17. The number of amides is 2. The maximum absolute atomic E-state index is 12.4. The van der Waals surface area contributed by atoms with Crippen LogP contribution in [-0.2, 0) is 4.74 Å². The summed E-state index contributed by atoms with van der Waals surface area (Å²) in [5.41, 5.74) is 2.24. The van der Waals surface area contributed by atoms with Gasteiger partial charge in [0.05, 0.1) is 23.1 Å². The number of benzene rings is 1. The number of rotatable bonds is 4. The van der Waals surface area contributed by atoms with Crippen LogP contribution in [0.4, 0.5) is 10.6 Å². The first-order valence-electron chi connectivity index (χ1n) is 10.2. The quantitative estimate of drug-likeness (QED) is 0.745. The lowest BCUT2D eigenvalue weighted by Gasteiger charge is -2.29. The van der Waals surface area contributed by atoms with Gasteiger partial charge < -0.3 is 20.1 Å². The Bertz CT molecular complexity index is 1070. The van der Waals surface area contributed by atoms with Crippen molar-refractivity contribution in [1.29, 1.82) is 0 Å². The fourth-order valence-electron chi connectivity index (χ4n) is 3.19. The van der Waals surface area contributed by atoms with Crippen molar-refractivity contribution in [1.82, 2.24) is 14.9 Å². The van der Waals surface area contributed by atoms with Crippen LogP contribution in [0.1, 0.15) is 59.3 Å². The van der Waals surface area contributed by atoms with Gasteiger partial charge in [-0.05, 0) is 64.0 Å². The minimum Gasteiger partial charge on any atom is -0.478 e. The lowest BCUT2D eigenvalue weighted by Crippen LogP contribution is -2.39. The summed E-state index contributed by atoms with van der Waals surface area (Å²) >= 11 is 0. The summed E-state index contributed by atoms with van der Waals surface area (Å²) in [5, 5.41) is 11.6. The van der Waals surface area contributed by atoms with Gasteiger partial charge in [0.1, 0.15) is 5.60 Å². The number of aryl methyl sites for hydroxylation is 1. The van der Waals surface area contributed by atoms with Crippen molar-refractivity contribution in [3.63, 3.8) is 0 Å². The van der Waals surface area contributed by atoms with Gasteiger partial charge in [0.15, 0.2) is 5.82 Å². The summed E-state index contributed by atoms with van der Waals surface area (Å²) in [6, 6.07) is 5.62. The number of nitrogens with one attached hydrogen (secondary N) is 1. The molecule has 0 fully saturated rings. The Morgan fingerprint density at radius 3 is 2.31 bits per heavy atom. The van der Waals surface area contributed by atoms with E-state index in [2.05, 4.69) is 15.3 Å². The van der Waals surface area contributed by atoms with Gasteiger partial charge >= 0.3 is 12.1 Å². The SMILES string of the molecule is Cc1nc(NC(=O)c2ccc(C(=O)O)cc2)cnc1C1=CCN(C(=O)OC(C)(C)C)CC1. The second kappa shape index (κ2) is 9.17. The molecule has 2 aromatic rings. The zero-order valence-electron chi connectivity index (χ0n) is 18.5. The first kappa shape index (κ1) is 22.9. The number of anilines is 1. The largest absolute Gasteiger partial charge is 0.478 e. The van der Waals surface area contributed by atoms with Crippen molar-refractivity contribution in [3.8, 4) is 0 Å². The molecule has 0 unspecified atom stereocenters. The monoisotopic (exact) mass is 438 g/mol. The third-order valence-electron chi connectivity index (χ3n) is 4.75. The van der Waals surface area contributed by atoms with E-state index < -0.39 is 17.5 Å². The van der Waals surface area contributed by atoms with Crippen LogP contribution in [0, 0.1) is 6.92 Å². The lowest BCUT2D eigenvalue weighted by atomic mass is 10.0. The third kappa shape index (κ3) is 5.69. The Morgan fingerprint density at radius 2 is 1.78 bits per heavy atom. The van der Waals surface area contributed by atoms with Crippen LogP contribution in [0.15, 0.2) is 36.5 Å². The number of carboxylic acids is 1. The van der Waals surface area contributed by atoms with E-state index >= 15 is 0 Å². The Kier molecular flexibility index (Phi) is 6.57. The second-order valence-electron chi connectivity index (χ2n) is 8.43. The molecule has 0 radical (unpaired) electrons. The molecule has 3 rings (SSSR count). The molecule has 2 amide bonds. The van der Waals surface area contributed by atoms with Crippen LogP contribution in [0.25, 0.3) is 5.57 Å². The topological polar surface area (TPSA) is 122 Å². The molecule has 0 saturated heterocycles. The number of ether oxygens (including phenoxy) is 1. The van der Waals surface area contributed by atoms with Gasteiger partial charge in [0.25, 0.3) is 5.91 Å². The van der Waals surface area contributed by atoms with Gasteiger partial charge in [-0.15, -0.1) is 0 Å². The van der Waals surface area contributed by atoms with Gasteiger partial charge in [0, 0.05) is 18.7 Å². The number of carbonyl (C=O) groups excluding carboxylic acids is 2. The summed E-state index contributed by atoms with van der Waals surface area (Å²) in [6.07, 6.45) is 3.70. The van der Waals surface area contributed by atoms with E-state index in [4.69, 9.17) is 9.84 Å². The van der Waals surface area contributed by atoms with Crippen molar-refractivity contribution in [2.75, 3.05) is 18.4 Å². The zero-order chi connectivity index (χ0) is 23.5. The summed E-state index contributed by atoms with van der Waals surface area (Å²) in [6.45, 7) is 8.26. The Morgan fingerprint density at radius 1 is 1.12 bits per heavy atom.